The van der Waals surface area contributed by atoms with Crippen molar-refractivity contribution in [3.63, 3.8) is 0 Å². The summed E-state index contributed by atoms with van der Waals surface area (Å²) in [7, 11) is 0. The van der Waals surface area contributed by atoms with Gasteiger partial charge in [-0.25, -0.2) is 0 Å². The third-order valence-electron chi connectivity index (χ3n) is 2.98. The summed E-state index contributed by atoms with van der Waals surface area (Å²) in [5, 5.41) is 5.73. The third kappa shape index (κ3) is 3.45. The molecule has 17 heavy (non-hydrogen) atoms. The van der Waals surface area contributed by atoms with Gasteiger partial charge >= 0.3 is 0 Å². The van der Waals surface area contributed by atoms with Crippen LogP contribution in [0.5, 0.6) is 0 Å². The first-order valence-electron chi connectivity index (χ1n) is 6.19. The van der Waals surface area contributed by atoms with Crippen LogP contribution in [0.1, 0.15) is 24.4 Å². The molecule has 92 valence electrons. The Bertz CT molecular complexity index is 431. The van der Waals surface area contributed by atoms with Gasteiger partial charge in [0.15, 0.2) is 0 Å². The van der Waals surface area contributed by atoms with Crippen LogP contribution in [-0.4, -0.2) is 10.6 Å². The number of nitrogens with one attached hydrogen (secondary N) is 1. The van der Waals surface area contributed by atoms with Crippen LogP contribution in [0, 0.1) is 0 Å². The van der Waals surface area contributed by atoms with Gasteiger partial charge in [-0.15, -0.1) is 11.3 Å². The minimum absolute atomic E-state index is 0.522. The van der Waals surface area contributed by atoms with Crippen LogP contribution < -0.4 is 5.32 Å². The smallest absolute Gasteiger partial charge is 0.0361 e. The van der Waals surface area contributed by atoms with Crippen molar-refractivity contribution >= 4 is 11.3 Å². The Labute approximate surface area is 107 Å². The van der Waals surface area contributed by atoms with Gasteiger partial charge in [-0.05, 0) is 43.8 Å². The van der Waals surface area contributed by atoms with Crippen molar-refractivity contribution < 1.29 is 0 Å². The number of thiophene rings is 1. The van der Waals surface area contributed by atoms with E-state index in [1.165, 1.54) is 10.6 Å². The van der Waals surface area contributed by atoms with Crippen LogP contribution >= 0.6 is 11.3 Å². The van der Waals surface area contributed by atoms with Gasteiger partial charge in [-0.1, -0.05) is 6.07 Å². The molecule has 2 aromatic rings. The molecule has 2 nitrogen and oxygen atoms in total. The molecule has 1 atom stereocenters. The fourth-order valence-corrected chi connectivity index (χ4v) is 2.84. The Morgan fingerprint density at radius 2 is 2.24 bits per heavy atom. The molecule has 2 aromatic heterocycles. The Morgan fingerprint density at radius 3 is 2.94 bits per heavy atom. The van der Waals surface area contributed by atoms with E-state index < -0.39 is 0 Å². The van der Waals surface area contributed by atoms with Crippen molar-refractivity contribution in [1.29, 1.82) is 0 Å². The Balaban J connectivity index is 1.82. The molecule has 0 saturated heterocycles. The fourth-order valence-electron chi connectivity index (χ4n) is 2.00. The number of hydrogen-bond acceptors (Lipinski definition) is 2. The Morgan fingerprint density at radius 1 is 1.35 bits per heavy atom. The topological polar surface area (TPSA) is 17.0 Å². The van der Waals surface area contributed by atoms with E-state index in [-0.39, 0.29) is 0 Å². The van der Waals surface area contributed by atoms with E-state index in [0.29, 0.717) is 6.04 Å². The van der Waals surface area contributed by atoms with Crippen LogP contribution in [0.2, 0.25) is 0 Å². The molecule has 0 spiro atoms. The SMILES string of the molecule is CCn1cccc1CNC(C)Cc1cccs1. The van der Waals surface area contributed by atoms with Crippen molar-refractivity contribution in [2.75, 3.05) is 0 Å². The van der Waals surface area contributed by atoms with Gasteiger partial charge in [0, 0.05) is 35.9 Å². The third-order valence-corrected chi connectivity index (χ3v) is 3.88. The minimum atomic E-state index is 0.522. The van der Waals surface area contributed by atoms with Crippen LogP contribution in [-0.2, 0) is 19.5 Å². The maximum atomic E-state index is 3.58. The number of aromatic nitrogens is 1. The standard InChI is InChI=1S/C14H20N2S/c1-3-16-8-4-6-13(16)11-15-12(2)10-14-7-5-9-17-14/h4-9,12,15H,3,10-11H2,1-2H3. The van der Waals surface area contributed by atoms with Gasteiger partial charge in [0.1, 0.15) is 0 Å². The van der Waals surface area contributed by atoms with Gasteiger partial charge in [0.05, 0.1) is 0 Å². The summed E-state index contributed by atoms with van der Waals surface area (Å²) < 4.78 is 2.28. The van der Waals surface area contributed by atoms with E-state index in [2.05, 4.69) is 59.6 Å². The molecule has 0 aromatic carbocycles. The monoisotopic (exact) mass is 248 g/mol. The zero-order valence-electron chi connectivity index (χ0n) is 10.5. The molecule has 3 heteroatoms. The lowest BCUT2D eigenvalue weighted by Crippen LogP contribution is -2.28. The molecule has 0 aliphatic rings. The lowest BCUT2D eigenvalue weighted by molar-refractivity contribution is 0.529. The number of hydrogen-bond donors (Lipinski definition) is 1. The van der Waals surface area contributed by atoms with Crippen molar-refractivity contribution in [3.8, 4) is 0 Å². The maximum absolute atomic E-state index is 3.58. The molecule has 0 fully saturated rings. The van der Waals surface area contributed by atoms with Gasteiger partial charge in [-0.2, -0.15) is 0 Å². The zero-order chi connectivity index (χ0) is 12.1. The Hall–Kier alpha value is -1.06. The number of nitrogens with zero attached hydrogens (tertiary/aromatic N) is 1. The van der Waals surface area contributed by atoms with Crippen LogP contribution in [0.3, 0.4) is 0 Å². The highest BCUT2D eigenvalue weighted by Gasteiger charge is 2.05. The lowest BCUT2D eigenvalue weighted by atomic mass is 10.2. The second-order valence-electron chi connectivity index (χ2n) is 4.35. The summed E-state index contributed by atoms with van der Waals surface area (Å²) in [5.41, 5.74) is 1.37. The van der Waals surface area contributed by atoms with Gasteiger partial charge in [0.25, 0.3) is 0 Å². The molecule has 0 aliphatic carbocycles. The molecule has 0 radical (unpaired) electrons. The van der Waals surface area contributed by atoms with Crippen LogP contribution in [0.4, 0.5) is 0 Å². The molecular weight excluding hydrogens is 228 g/mol. The van der Waals surface area contributed by atoms with E-state index in [4.69, 9.17) is 0 Å². The summed E-state index contributed by atoms with van der Waals surface area (Å²) >= 11 is 1.84. The Kier molecular flexibility index (Phi) is 4.40. The predicted octanol–water partition coefficient (Wildman–Crippen LogP) is 3.29. The largest absolute Gasteiger partial charge is 0.351 e. The van der Waals surface area contributed by atoms with Crippen molar-refractivity contribution in [2.45, 2.75) is 39.4 Å². The highest BCUT2D eigenvalue weighted by molar-refractivity contribution is 7.09. The van der Waals surface area contributed by atoms with E-state index in [1.807, 2.05) is 11.3 Å². The quantitative estimate of drug-likeness (QED) is 0.830. The molecule has 0 bridgehead atoms. The summed E-state index contributed by atoms with van der Waals surface area (Å²) in [4.78, 5) is 1.45. The fraction of sp³-hybridized carbons (Fsp3) is 0.429. The molecule has 1 N–H and O–H groups in total. The zero-order valence-corrected chi connectivity index (χ0v) is 11.3. The van der Waals surface area contributed by atoms with Crippen molar-refractivity contribution in [1.82, 2.24) is 9.88 Å². The summed E-state index contributed by atoms with van der Waals surface area (Å²) in [6.45, 7) is 6.42. The molecule has 0 saturated carbocycles. The van der Waals surface area contributed by atoms with E-state index >= 15 is 0 Å². The number of aryl methyl sites for hydroxylation is 1. The average molecular weight is 248 g/mol. The van der Waals surface area contributed by atoms with Crippen molar-refractivity contribution in [2.24, 2.45) is 0 Å². The normalized spacial score (nSPS) is 12.8. The van der Waals surface area contributed by atoms with E-state index in [0.717, 1.165) is 19.5 Å². The van der Waals surface area contributed by atoms with Crippen LogP contribution in [0.25, 0.3) is 0 Å². The van der Waals surface area contributed by atoms with Crippen LogP contribution in [0.15, 0.2) is 35.8 Å². The lowest BCUT2D eigenvalue weighted by Gasteiger charge is -2.14. The average Bonchev–Trinajstić information content (AvgIpc) is 2.96. The maximum Gasteiger partial charge on any atom is 0.0361 e. The molecule has 2 rings (SSSR count). The molecule has 1 unspecified atom stereocenters. The first kappa shape index (κ1) is 12.4. The molecular formula is C14H20N2S. The summed E-state index contributed by atoms with van der Waals surface area (Å²) in [6.07, 6.45) is 3.26. The second-order valence-corrected chi connectivity index (χ2v) is 5.38. The van der Waals surface area contributed by atoms with E-state index in [1.54, 1.807) is 0 Å². The highest BCUT2D eigenvalue weighted by atomic mass is 32.1. The minimum Gasteiger partial charge on any atom is -0.351 e. The molecule has 0 amide bonds. The van der Waals surface area contributed by atoms with Crippen molar-refractivity contribution in [3.05, 3.63) is 46.4 Å². The second kappa shape index (κ2) is 6.03. The van der Waals surface area contributed by atoms with Gasteiger partial charge < -0.3 is 9.88 Å². The van der Waals surface area contributed by atoms with E-state index in [9.17, 15) is 0 Å². The summed E-state index contributed by atoms with van der Waals surface area (Å²) in [6, 6.07) is 9.15. The van der Waals surface area contributed by atoms with Gasteiger partial charge in [-0.3, -0.25) is 0 Å². The predicted molar refractivity (Wildman–Crippen MR) is 74.4 cm³/mol. The first-order valence-corrected chi connectivity index (χ1v) is 7.07. The number of rotatable bonds is 6. The highest BCUT2D eigenvalue weighted by Crippen LogP contribution is 2.11. The molecule has 0 aliphatic heterocycles. The molecule has 2 heterocycles. The van der Waals surface area contributed by atoms with Gasteiger partial charge in [0.2, 0.25) is 0 Å². The first-order chi connectivity index (χ1) is 8.29. The summed E-state index contributed by atoms with van der Waals surface area (Å²) in [5.74, 6) is 0.